The number of carbonyl (C=O) groups is 1. The molecule has 0 radical (unpaired) electrons. The maximum atomic E-state index is 12.5. The lowest BCUT2D eigenvalue weighted by Crippen LogP contribution is -2.30. The SMILES string of the molecule is COc1ccc(OC)c(NC(=O)[C@@H](C)Oc2ccc(N(C)S(C)(=O)=O)cc2)c1. The van der Waals surface area contributed by atoms with Crippen molar-refractivity contribution in [2.24, 2.45) is 0 Å². The van der Waals surface area contributed by atoms with E-state index in [4.69, 9.17) is 14.2 Å². The number of nitrogens with zero attached hydrogens (tertiary/aromatic N) is 1. The number of hydrogen-bond acceptors (Lipinski definition) is 6. The van der Waals surface area contributed by atoms with Gasteiger partial charge in [-0.2, -0.15) is 0 Å². The van der Waals surface area contributed by atoms with Crippen LogP contribution in [0.1, 0.15) is 6.92 Å². The summed E-state index contributed by atoms with van der Waals surface area (Å²) in [6.07, 6.45) is 0.325. The van der Waals surface area contributed by atoms with E-state index in [1.165, 1.54) is 21.3 Å². The molecule has 0 aliphatic heterocycles. The number of sulfonamides is 1. The molecule has 0 saturated heterocycles. The highest BCUT2D eigenvalue weighted by Crippen LogP contribution is 2.29. The number of benzene rings is 2. The number of hydrogen-bond donors (Lipinski definition) is 1. The minimum Gasteiger partial charge on any atom is -0.497 e. The van der Waals surface area contributed by atoms with Crippen LogP contribution in [-0.2, 0) is 14.8 Å². The Hall–Kier alpha value is -2.94. The Balaban J connectivity index is 2.07. The van der Waals surface area contributed by atoms with Gasteiger partial charge in [0.15, 0.2) is 6.10 Å². The number of ether oxygens (including phenoxy) is 3. The van der Waals surface area contributed by atoms with Crippen LogP contribution in [0.4, 0.5) is 11.4 Å². The highest BCUT2D eigenvalue weighted by atomic mass is 32.2. The fourth-order valence-electron chi connectivity index (χ4n) is 2.33. The van der Waals surface area contributed by atoms with E-state index in [0.717, 1.165) is 10.6 Å². The minimum absolute atomic E-state index is 0.371. The van der Waals surface area contributed by atoms with E-state index < -0.39 is 16.1 Å². The van der Waals surface area contributed by atoms with Crippen LogP contribution in [-0.4, -0.2) is 48.0 Å². The van der Waals surface area contributed by atoms with Crippen LogP contribution in [0, 0.1) is 0 Å². The molecule has 0 unspecified atom stereocenters. The van der Waals surface area contributed by atoms with E-state index in [2.05, 4.69) is 5.32 Å². The van der Waals surface area contributed by atoms with Gasteiger partial charge in [0.05, 0.1) is 31.9 Å². The van der Waals surface area contributed by atoms with Gasteiger partial charge >= 0.3 is 0 Å². The van der Waals surface area contributed by atoms with Crippen molar-refractivity contribution >= 4 is 27.3 Å². The quantitative estimate of drug-likeness (QED) is 0.721. The van der Waals surface area contributed by atoms with Gasteiger partial charge in [0, 0.05) is 13.1 Å². The van der Waals surface area contributed by atoms with Gasteiger partial charge in [-0.15, -0.1) is 0 Å². The Morgan fingerprint density at radius 1 is 1.04 bits per heavy atom. The summed E-state index contributed by atoms with van der Waals surface area (Å²) in [5, 5.41) is 2.75. The van der Waals surface area contributed by atoms with E-state index in [0.29, 0.717) is 28.6 Å². The van der Waals surface area contributed by atoms with Crippen LogP contribution in [0.2, 0.25) is 0 Å². The second-order valence-corrected chi connectivity index (χ2v) is 8.05. The van der Waals surface area contributed by atoms with Gasteiger partial charge in [-0.1, -0.05) is 0 Å². The number of carbonyl (C=O) groups excluding carboxylic acids is 1. The zero-order chi connectivity index (χ0) is 20.9. The third kappa shape index (κ3) is 5.29. The largest absolute Gasteiger partial charge is 0.497 e. The van der Waals surface area contributed by atoms with Crippen molar-refractivity contribution < 1.29 is 27.4 Å². The highest BCUT2D eigenvalue weighted by molar-refractivity contribution is 7.92. The van der Waals surface area contributed by atoms with E-state index in [1.54, 1.807) is 49.4 Å². The maximum absolute atomic E-state index is 12.5. The number of rotatable bonds is 8. The summed E-state index contributed by atoms with van der Waals surface area (Å²) in [5.41, 5.74) is 0.959. The molecule has 1 amide bonds. The predicted octanol–water partition coefficient (Wildman–Crippen LogP) is 2.51. The van der Waals surface area contributed by atoms with Crippen molar-refractivity contribution in [1.29, 1.82) is 0 Å². The lowest BCUT2D eigenvalue weighted by atomic mass is 10.2. The molecule has 1 atom stereocenters. The van der Waals surface area contributed by atoms with Crippen LogP contribution in [0.25, 0.3) is 0 Å². The molecule has 28 heavy (non-hydrogen) atoms. The van der Waals surface area contributed by atoms with Crippen LogP contribution < -0.4 is 23.8 Å². The van der Waals surface area contributed by atoms with E-state index in [9.17, 15) is 13.2 Å². The lowest BCUT2D eigenvalue weighted by Gasteiger charge is -2.19. The Morgan fingerprint density at radius 2 is 1.64 bits per heavy atom. The molecule has 0 saturated carbocycles. The number of amides is 1. The van der Waals surface area contributed by atoms with Crippen LogP contribution >= 0.6 is 0 Å². The standard InChI is InChI=1S/C19H24N2O6S/c1-13(19(22)20-17-12-16(25-3)10-11-18(17)26-4)27-15-8-6-14(7-9-15)21(2)28(5,23)24/h6-13H,1-5H3,(H,20,22)/t13-/m1/s1. The summed E-state index contributed by atoms with van der Waals surface area (Å²) in [4.78, 5) is 12.5. The summed E-state index contributed by atoms with van der Waals surface area (Å²) >= 11 is 0. The average Bonchev–Trinajstić information content (AvgIpc) is 2.67. The van der Waals surface area contributed by atoms with Gasteiger partial charge in [0.2, 0.25) is 10.0 Å². The second kappa shape index (κ2) is 8.83. The van der Waals surface area contributed by atoms with Gasteiger partial charge in [0.25, 0.3) is 5.91 Å². The van der Waals surface area contributed by atoms with Gasteiger partial charge in [-0.3, -0.25) is 9.10 Å². The topological polar surface area (TPSA) is 94.2 Å². The van der Waals surface area contributed by atoms with Gasteiger partial charge in [-0.25, -0.2) is 8.42 Å². The third-order valence-electron chi connectivity index (χ3n) is 4.04. The molecule has 0 aromatic heterocycles. The first kappa shape index (κ1) is 21.4. The molecule has 0 aliphatic rings. The highest BCUT2D eigenvalue weighted by Gasteiger charge is 2.18. The third-order valence-corrected chi connectivity index (χ3v) is 5.25. The van der Waals surface area contributed by atoms with Gasteiger partial charge in [0.1, 0.15) is 17.2 Å². The van der Waals surface area contributed by atoms with Crippen molar-refractivity contribution in [2.45, 2.75) is 13.0 Å². The normalized spacial score (nSPS) is 12.0. The number of nitrogens with one attached hydrogen (secondary N) is 1. The molecule has 8 nitrogen and oxygen atoms in total. The molecule has 1 N–H and O–H groups in total. The summed E-state index contributed by atoms with van der Waals surface area (Å²) in [6.45, 7) is 1.61. The first-order valence-corrected chi connectivity index (χ1v) is 10.2. The van der Waals surface area contributed by atoms with E-state index in [1.807, 2.05) is 0 Å². The molecule has 2 rings (SSSR count). The Bertz CT molecular complexity index is 928. The van der Waals surface area contributed by atoms with Gasteiger partial charge in [-0.05, 0) is 43.3 Å². The Kier molecular flexibility index (Phi) is 6.74. The summed E-state index contributed by atoms with van der Waals surface area (Å²) < 4.78 is 40.4. The van der Waals surface area contributed by atoms with Crippen molar-refractivity contribution in [3.05, 3.63) is 42.5 Å². The number of methoxy groups -OCH3 is 2. The molecule has 0 bridgehead atoms. The van der Waals surface area contributed by atoms with Gasteiger partial charge < -0.3 is 19.5 Å². The smallest absolute Gasteiger partial charge is 0.265 e. The minimum atomic E-state index is -3.35. The molecular weight excluding hydrogens is 384 g/mol. The first-order chi connectivity index (χ1) is 13.2. The fourth-order valence-corrected chi connectivity index (χ4v) is 2.83. The molecule has 0 spiro atoms. The molecule has 0 aliphatic carbocycles. The molecular formula is C19H24N2O6S. The van der Waals surface area contributed by atoms with Crippen molar-refractivity contribution in [3.63, 3.8) is 0 Å². The van der Waals surface area contributed by atoms with Crippen LogP contribution in [0.5, 0.6) is 17.2 Å². The molecule has 2 aromatic carbocycles. The molecule has 152 valence electrons. The van der Waals surface area contributed by atoms with Crippen LogP contribution in [0.3, 0.4) is 0 Å². The fraction of sp³-hybridized carbons (Fsp3) is 0.316. The predicted molar refractivity (Wildman–Crippen MR) is 108 cm³/mol. The van der Waals surface area contributed by atoms with Crippen molar-refractivity contribution in [2.75, 3.05) is 37.1 Å². The summed E-state index contributed by atoms with van der Waals surface area (Å²) in [7, 11) is 1.15. The second-order valence-electron chi connectivity index (χ2n) is 6.04. The first-order valence-electron chi connectivity index (χ1n) is 8.39. The van der Waals surface area contributed by atoms with Crippen LogP contribution in [0.15, 0.2) is 42.5 Å². The Morgan fingerprint density at radius 3 is 2.18 bits per heavy atom. The summed E-state index contributed by atoms with van der Waals surface area (Å²) in [5.74, 6) is 1.14. The lowest BCUT2D eigenvalue weighted by molar-refractivity contribution is -0.122. The zero-order valence-corrected chi connectivity index (χ0v) is 17.2. The summed E-state index contributed by atoms with van der Waals surface area (Å²) in [6, 6.07) is 11.5. The number of anilines is 2. The molecule has 0 heterocycles. The maximum Gasteiger partial charge on any atom is 0.265 e. The molecule has 9 heteroatoms. The molecule has 0 fully saturated rings. The Labute approximate surface area is 165 Å². The average molecular weight is 408 g/mol. The van der Waals surface area contributed by atoms with E-state index >= 15 is 0 Å². The van der Waals surface area contributed by atoms with Crippen molar-refractivity contribution in [1.82, 2.24) is 0 Å². The van der Waals surface area contributed by atoms with E-state index in [-0.39, 0.29) is 5.91 Å². The van der Waals surface area contributed by atoms with Crippen molar-refractivity contribution in [3.8, 4) is 17.2 Å². The monoisotopic (exact) mass is 408 g/mol. The molecule has 2 aromatic rings. The zero-order valence-electron chi connectivity index (χ0n) is 16.4.